The molecule has 1 atom stereocenters. The highest BCUT2D eigenvalue weighted by Crippen LogP contribution is 2.35. The number of ether oxygens (including phenoxy) is 1. The van der Waals surface area contributed by atoms with Gasteiger partial charge in [-0.15, -0.1) is 0 Å². The van der Waals surface area contributed by atoms with Crippen molar-refractivity contribution >= 4 is 18.0 Å². The fraction of sp³-hybridized carbons (Fsp3) is 0.286. The van der Waals surface area contributed by atoms with Crippen LogP contribution in [0.25, 0.3) is 5.57 Å². The minimum absolute atomic E-state index is 0.113. The monoisotopic (exact) mass is 496 g/mol. The van der Waals surface area contributed by atoms with Crippen molar-refractivity contribution < 1.29 is 28.2 Å². The molecular weight excluding hydrogens is 466 g/mol. The Morgan fingerprint density at radius 2 is 1.61 bits per heavy atom. The second-order valence-corrected chi connectivity index (χ2v) is 9.50. The minimum Gasteiger partial charge on any atom is -0.479 e. The molecule has 3 aromatic rings. The Morgan fingerprint density at radius 3 is 2.11 bits per heavy atom. The minimum atomic E-state index is -1.49. The van der Waals surface area contributed by atoms with Crippen molar-refractivity contribution in [2.45, 2.75) is 45.9 Å². The molecule has 1 unspecified atom stereocenters. The third-order valence-electron chi connectivity index (χ3n) is 5.65. The molecule has 0 bridgehead atoms. The van der Waals surface area contributed by atoms with E-state index in [9.17, 15) is 23.5 Å². The van der Waals surface area contributed by atoms with E-state index in [1.165, 1.54) is 48.3 Å². The van der Waals surface area contributed by atoms with Crippen molar-refractivity contribution in [3.63, 3.8) is 0 Å². The van der Waals surface area contributed by atoms with Crippen LogP contribution in [0.2, 0.25) is 0 Å². The number of hydrogen-bond acceptors (Lipinski definition) is 3. The average Bonchev–Trinajstić information content (AvgIpc) is 3.16. The van der Waals surface area contributed by atoms with Gasteiger partial charge >= 0.3 is 5.97 Å². The summed E-state index contributed by atoms with van der Waals surface area (Å²) in [6, 6.07) is 13.6. The van der Waals surface area contributed by atoms with Crippen LogP contribution in [0.3, 0.4) is 0 Å². The molecule has 0 saturated heterocycles. The summed E-state index contributed by atoms with van der Waals surface area (Å²) in [4.78, 5) is 25.6. The van der Waals surface area contributed by atoms with Gasteiger partial charge in [0.15, 0.2) is 6.10 Å². The van der Waals surface area contributed by atoms with Crippen molar-refractivity contribution in [1.82, 2.24) is 9.47 Å². The van der Waals surface area contributed by atoms with Gasteiger partial charge < -0.3 is 19.3 Å². The summed E-state index contributed by atoms with van der Waals surface area (Å²) in [7, 11) is 1.46. The number of nitrogens with zero attached hydrogens (tertiary/aromatic N) is 2. The number of hydrogen-bond donors (Lipinski definition) is 1. The maximum Gasteiger partial charge on any atom is 0.339 e. The maximum absolute atomic E-state index is 13.8. The van der Waals surface area contributed by atoms with Gasteiger partial charge in [-0.2, -0.15) is 0 Å². The van der Waals surface area contributed by atoms with Gasteiger partial charge in [-0.1, -0.05) is 24.3 Å². The molecule has 0 fully saturated rings. The van der Waals surface area contributed by atoms with Gasteiger partial charge in [0, 0.05) is 36.6 Å². The Labute approximate surface area is 209 Å². The van der Waals surface area contributed by atoms with Crippen LogP contribution in [0.5, 0.6) is 0 Å². The Bertz CT molecular complexity index is 1260. The summed E-state index contributed by atoms with van der Waals surface area (Å²) >= 11 is 0. The number of carboxylic acids is 1. The molecular formula is C28H30F2N2O4. The Hall–Kier alpha value is -3.78. The van der Waals surface area contributed by atoms with Gasteiger partial charge in [0.1, 0.15) is 11.6 Å². The lowest BCUT2D eigenvalue weighted by molar-refractivity contribution is -0.157. The number of aliphatic carboxylic acids is 1. The normalized spacial score (nSPS) is 13.2. The van der Waals surface area contributed by atoms with Gasteiger partial charge in [-0.3, -0.25) is 4.79 Å². The highest BCUT2D eigenvalue weighted by Gasteiger charge is 2.34. The van der Waals surface area contributed by atoms with E-state index in [4.69, 9.17) is 4.74 Å². The fourth-order valence-corrected chi connectivity index (χ4v) is 3.96. The molecule has 1 amide bonds. The lowest BCUT2D eigenvalue weighted by Gasteiger charge is -2.31. The van der Waals surface area contributed by atoms with Gasteiger partial charge in [0.25, 0.3) is 0 Å². The number of carboxylic acid groups (broad SMARTS) is 1. The fourth-order valence-electron chi connectivity index (χ4n) is 3.96. The molecule has 3 rings (SSSR count). The third-order valence-corrected chi connectivity index (χ3v) is 5.65. The van der Waals surface area contributed by atoms with Crippen LogP contribution < -0.4 is 0 Å². The first-order valence-electron chi connectivity index (χ1n) is 11.4. The van der Waals surface area contributed by atoms with E-state index >= 15 is 0 Å². The molecule has 6 nitrogen and oxygen atoms in total. The molecule has 2 aromatic carbocycles. The zero-order valence-corrected chi connectivity index (χ0v) is 21.0. The Morgan fingerprint density at radius 1 is 1.06 bits per heavy atom. The van der Waals surface area contributed by atoms with E-state index < -0.39 is 23.5 Å². The highest BCUT2D eigenvalue weighted by molar-refractivity contribution is 5.90. The second kappa shape index (κ2) is 10.9. The molecule has 0 aliphatic rings. The van der Waals surface area contributed by atoms with E-state index in [1.807, 2.05) is 23.8 Å². The van der Waals surface area contributed by atoms with Crippen LogP contribution in [0.1, 0.15) is 43.2 Å². The molecule has 0 saturated carbocycles. The topological polar surface area (TPSA) is 71.8 Å². The van der Waals surface area contributed by atoms with Crippen LogP contribution in [0.4, 0.5) is 8.78 Å². The quantitative estimate of drug-likeness (QED) is 0.412. The number of benzene rings is 2. The van der Waals surface area contributed by atoms with Crippen molar-refractivity contribution in [3.05, 3.63) is 101 Å². The summed E-state index contributed by atoms with van der Waals surface area (Å²) in [5, 5.41) is 10.1. The van der Waals surface area contributed by atoms with Gasteiger partial charge in [0.2, 0.25) is 6.41 Å². The van der Waals surface area contributed by atoms with E-state index in [-0.39, 0.29) is 11.5 Å². The number of rotatable bonds is 9. The number of carbonyl (C=O) groups excluding carboxylic acids is 1. The van der Waals surface area contributed by atoms with Crippen molar-refractivity contribution in [2.75, 3.05) is 7.05 Å². The molecule has 0 aliphatic carbocycles. The van der Waals surface area contributed by atoms with Gasteiger partial charge in [-0.25, -0.2) is 13.6 Å². The number of amides is 1. The molecule has 36 heavy (non-hydrogen) atoms. The first kappa shape index (κ1) is 26.8. The van der Waals surface area contributed by atoms with E-state index in [0.29, 0.717) is 29.7 Å². The molecule has 1 heterocycles. The maximum atomic E-state index is 13.8. The van der Waals surface area contributed by atoms with Gasteiger partial charge in [0.05, 0.1) is 11.3 Å². The third kappa shape index (κ3) is 6.26. The van der Waals surface area contributed by atoms with Crippen LogP contribution >= 0.6 is 0 Å². The Balaban J connectivity index is 2.28. The molecule has 0 radical (unpaired) electrons. The van der Waals surface area contributed by atoms with Crippen LogP contribution in [0, 0.1) is 18.6 Å². The SMILES string of the molecule is Cc1c(/C(=C(/C(OC(C)(C)C)C(=O)O)N(C)C=O)c2ccc(F)cc2)ccn1Cc1ccc(F)cc1. The first-order chi connectivity index (χ1) is 16.9. The number of aromatic nitrogens is 1. The van der Waals surface area contributed by atoms with Crippen LogP contribution in [-0.2, 0) is 20.9 Å². The lowest BCUT2D eigenvalue weighted by atomic mass is 9.93. The van der Waals surface area contributed by atoms with Crippen LogP contribution in [0.15, 0.2) is 66.5 Å². The number of carbonyl (C=O) groups is 2. The summed E-state index contributed by atoms with van der Waals surface area (Å²) in [5.41, 5.74) is 2.52. The zero-order chi connectivity index (χ0) is 26.6. The molecule has 8 heteroatoms. The molecule has 1 N–H and O–H groups in total. The predicted octanol–water partition coefficient (Wildman–Crippen LogP) is 5.24. The Kier molecular flexibility index (Phi) is 8.10. The van der Waals surface area contributed by atoms with Crippen molar-refractivity contribution in [1.29, 1.82) is 0 Å². The largest absolute Gasteiger partial charge is 0.479 e. The molecule has 0 spiro atoms. The first-order valence-corrected chi connectivity index (χ1v) is 11.4. The smallest absolute Gasteiger partial charge is 0.339 e. The standard InChI is InChI=1S/C28H30F2N2O4/c1-18-23(14-15-32(18)16-19-6-10-21(29)11-7-19)24(20-8-12-22(30)13-9-20)25(31(5)17-33)26(27(34)35)36-28(2,3)4/h6-15,17,26H,16H2,1-5H3,(H,34,35)/b25-24-. The summed E-state index contributed by atoms with van der Waals surface area (Å²) in [5.74, 6) is -2.04. The van der Waals surface area contributed by atoms with Crippen LogP contribution in [-0.4, -0.2) is 45.7 Å². The van der Waals surface area contributed by atoms with E-state index in [2.05, 4.69) is 0 Å². The molecule has 1 aromatic heterocycles. The van der Waals surface area contributed by atoms with Crippen molar-refractivity contribution in [2.24, 2.45) is 0 Å². The summed E-state index contributed by atoms with van der Waals surface area (Å²) < 4.78 is 35.0. The second-order valence-electron chi connectivity index (χ2n) is 9.50. The summed E-state index contributed by atoms with van der Waals surface area (Å²) in [6.07, 6.45) is 0.863. The average molecular weight is 497 g/mol. The summed E-state index contributed by atoms with van der Waals surface area (Å²) in [6.45, 7) is 7.49. The predicted molar refractivity (Wildman–Crippen MR) is 133 cm³/mol. The van der Waals surface area contributed by atoms with E-state index in [0.717, 1.165) is 11.3 Å². The number of halogens is 2. The zero-order valence-electron chi connectivity index (χ0n) is 21.0. The lowest BCUT2D eigenvalue weighted by Crippen LogP contribution is -2.40. The van der Waals surface area contributed by atoms with E-state index in [1.54, 1.807) is 32.9 Å². The molecule has 0 aliphatic heterocycles. The van der Waals surface area contributed by atoms with Crippen molar-refractivity contribution in [3.8, 4) is 0 Å². The number of likely N-dealkylation sites (N-methyl/N-ethyl adjacent to an activating group) is 1. The highest BCUT2D eigenvalue weighted by atomic mass is 19.1. The van der Waals surface area contributed by atoms with Gasteiger partial charge in [-0.05, 0) is 69.2 Å². The molecule has 190 valence electrons.